The maximum atomic E-state index is 5.81. The van der Waals surface area contributed by atoms with Crippen LogP contribution in [0.25, 0.3) is 11.4 Å². The van der Waals surface area contributed by atoms with Crippen molar-refractivity contribution in [3.05, 3.63) is 42.1 Å². The average molecular weight is 310 g/mol. The number of nitrogens with zero attached hydrogens (tertiary/aromatic N) is 3. The fraction of sp³-hybridized carbons (Fsp3) is 0.474. The first-order chi connectivity index (χ1) is 11.2. The Morgan fingerprint density at radius 3 is 2.43 bits per heavy atom. The van der Waals surface area contributed by atoms with Crippen LogP contribution in [-0.4, -0.2) is 29.6 Å². The molecule has 1 aromatic carbocycles. The molecule has 4 heteroatoms. The van der Waals surface area contributed by atoms with Gasteiger partial charge in [-0.1, -0.05) is 44.2 Å². The van der Waals surface area contributed by atoms with Crippen LogP contribution in [-0.2, 0) is 0 Å². The van der Waals surface area contributed by atoms with Crippen molar-refractivity contribution in [2.45, 2.75) is 32.6 Å². The zero-order valence-electron chi connectivity index (χ0n) is 14.1. The van der Waals surface area contributed by atoms with Crippen molar-refractivity contribution in [3.63, 3.8) is 0 Å². The SMILES string of the molecule is CC(C)c1cc(N2CCC(CN)CC2)nc(-c2ccccc2)n1. The Balaban J connectivity index is 1.92. The summed E-state index contributed by atoms with van der Waals surface area (Å²) in [6.07, 6.45) is 2.30. The lowest BCUT2D eigenvalue weighted by atomic mass is 9.97. The van der Waals surface area contributed by atoms with E-state index in [0.717, 1.165) is 55.4 Å². The van der Waals surface area contributed by atoms with Crippen LogP contribution >= 0.6 is 0 Å². The van der Waals surface area contributed by atoms with Gasteiger partial charge in [-0.15, -0.1) is 0 Å². The van der Waals surface area contributed by atoms with E-state index in [1.165, 1.54) is 0 Å². The highest BCUT2D eigenvalue weighted by atomic mass is 15.2. The lowest BCUT2D eigenvalue weighted by Crippen LogP contribution is -2.36. The fourth-order valence-corrected chi connectivity index (χ4v) is 3.02. The summed E-state index contributed by atoms with van der Waals surface area (Å²) in [6, 6.07) is 12.4. The highest BCUT2D eigenvalue weighted by molar-refractivity contribution is 5.58. The third kappa shape index (κ3) is 3.70. The van der Waals surface area contributed by atoms with E-state index in [0.29, 0.717) is 11.8 Å². The summed E-state index contributed by atoms with van der Waals surface area (Å²) >= 11 is 0. The van der Waals surface area contributed by atoms with Crippen LogP contribution in [0.1, 0.15) is 38.3 Å². The van der Waals surface area contributed by atoms with Gasteiger partial charge in [-0.3, -0.25) is 0 Å². The number of rotatable bonds is 4. The number of hydrogen-bond donors (Lipinski definition) is 1. The van der Waals surface area contributed by atoms with Gasteiger partial charge in [0.1, 0.15) is 5.82 Å². The molecule has 0 atom stereocenters. The third-order valence-electron chi connectivity index (χ3n) is 4.63. The van der Waals surface area contributed by atoms with Crippen molar-refractivity contribution >= 4 is 5.82 Å². The van der Waals surface area contributed by atoms with Gasteiger partial charge in [-0.25, -0.2) is 9.97 Å². The number of aromatic nitrogens is 2. The summed E-state index contributed by atoms with van der Waals surface area (Å²) in [5, 5.41) is 0. The van der Waals surface area contributed by atoms with Crippen LogP contribution < -0.4 is 10.6 Å². The topological polar surface area (TPSA) is 55.0 Å². The third-order valence-corrected chi connectivity index (χ3v) is 4.63. The summed E-state index contributed by atoms with van der Waals surface area (Å²) in [7, 11) is 0. The van der Waals surface area contributed by atoms with Gasteiger partial charge in [-0.2, -0.15) is 0 Å². The Bertz CT molecular complexity index is 631. The van der Waals surface area contributed by atoms with Crippen molar-refractivity contribution in [2.24, 2.45) is 11.7 Å². The van der Waals surface area contributed by atoms with Crippen LogP contribution in [0.4, 0.5) is 5.82 Å². The number of nitrogens with two attached hydrogens (primary N) is 1. The Morgan fingerprint density at radius 2 is 1.83 bits per heavy atom. The van der Waals surface area contributed by atoms with Gasteiger partial charge in [0.15, 0.2) is 5.82 Å². The minimum Gasteiger partial charge on any atom is -0.356 e. The molecule has 0 aliphatic carbocycles. The molecule has 1 aliphatic heterocycles. The molecule has 1 saturated heterocycles. The molecule has 1 aliphatic rings. The van der Waals surface area contributed by atoms with E-state index >= 15 is 0 Å². The summed E-state index contributed by atoms with van der Waals surface area (Å²) in [5.41, 5.74) is 7.99. The highest BCUT2D eigenvalue weighted by Crippen LogP contribution is 2.26. The van der Waals surface area contributed by atoms with E-state index in [9.17, 15) is 0 Å². The molecule has 0 unspecified atom stereocenters. The first-order valence-corrected chi connectivity index (χ1v) is 8.56. The van der Waals surface area contributed by atoms with Gasteiger partial charge in [0.2, 0.25) is 0 Å². The standard InChI is InChI=1S/C19H26N4/c1-14(2)17-12-18(23-10-8-15(13-20)9-11-23)22-19(21-17)16-6-4-3-5-7-16/h3-7,12,14-15H,8-11,13,20H2,1-2H3. The molecule has 1 aromatic heterocycles. The normalized spacial score (nSPS) is 16.1. The molecule has 0 spiro atoms. The van der Waals surface area contributed by atoms with Gasteiger partial charge in [0.25, 0.3) is 0 Å². The van der Waals surface area contributed by atoms with E-state index in [1.54, 1.807) is 0 Å². The van der Waals surface area contributed by atoms with Gasteiger partial charge in [0.05, 0.1) is 0 Å². The molecule has 23 heavy (non-hydrogen) atoms. The van der Waals surface area contributed by atoms with Crippen LogP contribution in [0.3, 0.4) is 0 Å². The van der Waals surface area contributed by atoms with E-state index in [2.05, 4.69) is 36.9 Å². The minimum atomic E-state index is 0.390. The van der Waals surface area contributed by atoms with E-state index < -0.39 is 0 Å². The summed E-state index contributed by atoms with van der Waals surface area (Å²) < 4.78 is 0. The molecule has 4 nitrogen and oxygen atoms in total. The molecule has 2 heterocycles. The second kappa shape index (κ2) is 7.09. The lowest BCUT2D eigenvalue weighted by molar-refractivity contribution is 0.413. The Kier molecular flexibility index (Phi) is 4.91. The Labute approximate surface area is 138 Å². The van der Waals surface area contributed by atoms with Gasteiger partial charge in [0, 0.05) is 30.4 Å². The molecule has 0 saturated carbocycles. The van der Waals surface area contributed by atoms with Crippen LogP contribution in [0.2, 0.25) is 0 Å². The molecule has 1 fully saturated rings. The highest BCUT2D eigenvalue weighted by Gasteiger charge is 2.20. The van der Waals surface area contributed by atoms with Crippen molar-refractivity contribution in [1.82, 2.24) is 9.97 Å². The summed E-state index contributed by atoms with van der Waals surface area (Å²) in [5.74, 6) is 2.93. The smallest absolute Gasteiger partial charge is 0.161 e. The largest absolute Gasteiger partial charge is 0.356 e. The van der Waals surface area contributed by atoms with Gasteiger partial charge in [-0.05, 0) is 31.2 Å². The van der Waals surface area contributed by atoms with Crippen molar-refractivity contribution in [3.8, 4) is 11.4 Å². The molecule has 2 aromatic rings. The van der Waals surface area contributed by atoms with E-state index in [1.807, 2.05) is 18.2 Å². The first-order valence-electron chi connectivity index (χ1n) is 8.56. The predicted molar refractivity (Wildman–Crippen MR) is 95.5 cm³/mol. The molecule has 122 valence electrons. The number of hydrogen-bond acceptors (Lipinski definition) is 4. The monoisotopic (exact) mass is 310 g/mol. The van der Waals surface area contributed by atoms with Gasteiger partial charge < -0.3 is 10.6 Å². The van der Waals surface area contributed by atoms with Crippen LogP contribution in [0, 0.1) is 5.92 Å². The molecule has 0 amide bonds. The Morgan fingerprint density at radius 1 is 1.13 bits per heavy atom. The minimum absolute atomic E-state index is 0.390. The maximum absolute atomic E-state index is 5.81. The van der Waals surface area contributed by atoms with E-state index in [-0.39, 0.29) is 0 Å². The molecular formula is C19H26N4. The average Bonchev–Trinajstić information content (AvgIpc) is 2.62. The van der Waals surface area contributed by atoms with Crippen molar-refractivity contribution in [2.75, 3.05) is 24.5 Å². The number of anilines is 1. The predicted octanol–water partition coefficient (Wildman–Crippen LogP) is 3.44. The van der Waals surface area contributed by atoms with Gasteiger partial charge >= 0.3 is 0 Å². The van der Waals surface area contributed by atoms with Crippen LogP contribution in [0.15, 0.2) is 36.4 Å². The lowest BCUT2D eigenvalue weighted by Gasteiger charge is -2.32. The quantitative estimate of drug-likeness (QED) is 0.940. The number of benzene rings is 1. The molecule has 0 radical (unpaired) electrons. The second-order valence-corrected chi connectivity index (χ2v) is 6.66. The second-order valence-electron chi connectivity index (χ2n) is 6.66. The molecule has 3 rings (SSSR count). The molecule has 0 bridgehead atoms. The Hall–Kier alpha value is -1.94. The first kappa shape index (κ1) is 15.9. The molecule has 2 N–H and O–H groups in total. The van der Waals surface area contributed by atoms with E-state index in [4.69, 9.17) is 15.7 Å². The molecular weight excluding hydrogens is 284 g/mol. The van der Waals surface area contributed by atoms with Crippen LogP contribution in [0.5, 0.6) is 0 Å². The zero-order chi connectivity index (χ0) is 16.2. The maximum Gasteiger partial charge on any atom is 0.161 e. The number of piperidine rings is 1. The van der Waals surface area contributed by atoms with Crippen molar-refractivity contribution < 1.29 is 0 Å². The fourth-order valence-electron chi connectivity index (χ4n) is 3.02. The summed E-state index contributed by atoms with van der Waals surface area (Å²) in [4.78, 5) is 12.0. The van der Waals surface area contributed by atoms with Crippen molar-refractivity contribution in [1.29, 1.82) is 0 Å². The zero-order valence-corrected chi connectivity index (χ0v) is 14.1. The summed E-state index contributed by atoms with van der Waals surface area (Å²) in [6.45, 7) is 7.22.